The monoisotopic (exact) mass is 295 g/mol. The molecular weight excluding hydrogens is 286 g/mol. The van der Waals surface area contributed by atoms with Crippen molar-refractivity contribution >= 4 is 22.2 Å². The van der Waals surface area contributed by atoms with Crippen LogP contribution in [-0.4, -0.2) is 21.3 Å². The first-order chi connectivity index (χ1) is 8.20. The summed E-state index contributed by atoms with van der Waals surface area (Å²) in [4.78, 5) is 10.9. The highest BCUT2D eigenvalue weighted by Crippen LogP contribution is 2.28. The molecule has 0 amide bonds. The highest BCUT2D eigenvalue weighted by atomic mass is 79.9. The molecule has 5 nitrogen and oxygen atoms in total. The fraction of sp³-hybridized carbons (Fsp3) is 0.182. The van der Waals surface area contributed by atoms with Crippen LogP contribution in [0.2, 0.25) is 0 Å². The van der Waals surface area contributed by atoms with E-state index < -0.39 is 0 Å². The third kappa shape index (κ3) is 2.71. The fourth-order valence-electron chi connectivity index (χ4n) is 1.38. The topological polar surface area (TPSA) is 57.0 Å². The molecule has 0 fully saturated rings. The van der Waals surface area contributed by atoms with E-state index in [1.807, 2.05) is 6.07 Å². The van der Waals surface area contributed by atoms with Crippen LogP contribution in [-0.2, 0) is 13.7 Å². The maximum Gasteiger partial charge on any atom is 0.153 e. The molecule has 0 bridgehead atoms. The highest BCUT2D eigenvalue weighted by molar-refractivity contribution is 9.10. The number of aldehydes is 1. The molecule has 0 unspecified atom stereocenters. The molecule has 0 aliphatic rings. The average Bonchev–Trinajstić information content (AvgIpc) is 2.73. The Morgan fingerprint density at radius 1 is 1.53 bits per heavy atom. The van der Waals surface area contributed by atoms with Crippen molar-refractivity contribution in [2.24, 2.45) is 7.05 Å². The van der Waals surface area contributed by atoms with Gasteiger partial charge in [-0.15, -0.1) is 5.10 Å². The molecule has 0 aliphatic carbocycles. The molecule has 1 aromatic heterocycles. The zero-order chi connectivity index (χ0) is 12.3. The highest BCUT2D eigenvalue weighted by Gasteiger charge is 2.08. The lowest BCUT2D eigenvalue weighted by Crippen LogP contribution is -1.99. The zero-order valence-electron chi connectivity index (χ0n) is 9.13. The summed E-state index contributed by atoms with van der Waals surface area (Å²) in [6.45, 7) is 0.275. The van der Waals surface area contributed by atoms with Gasteiger partial charge in [0, 0.05) is 7.05 Å². The van der Waals surface area contributed by atoms with Gasteiger partial charge in [0.2, 0.25) is 0 Å². The van der Waals surface area contributed by atoms with Crippen LogP contribution in [0.5, 0.6) is 5.75 Å². The number of nitrogens with zero attached hydrogens (tertiary/aromatic N) is 3. The normalized spacial score (nSPS) is 10.2. The molecule has 0 saturated heterocycles. The van der Waals surface area contributed by atoms with Gasteiger partial charge in [0.25, 0.3) is 0 Å². The molecule has 0 spiro atoms. The van der Waals surface area contributed by atoms with E-state index in [1.54, 1.807) is 30.1 Å². The molecule has 2 rings (SSSR count). The van der Waals surface area contributed by atoms with Crippen LogP contribution < -0.4 is 4.74 Å². The van der Waals surface area contributed by atoms with E-state index >= 15 is 0 Å². The van der Waals surface area contributed by atoms with Gasteiger partial charge in [-0.1, -0.05) is 11.3 Å². The lowest BCUT2D eigenvalue weighted by molar-refractivity contribution is 0.111. The number of ether oxygens (including phenoxy) is 1. The Bertz CT molecular complexity index is 539. The third-order valence-corrected chi connectivity index (χ3v) is 2.76. The van der Waals surface area contributed by atoms with Gasteiger partial charge in [-0.25, -0.2) is 0 Å². The molecule has 1 aromatic carbocycles. The second-order valence-corrected chi connectivity index (χ2v) is 4.30. The van der Waals surface area contributed by atoms with Gasteiger partial charge >= 0.3 is 0 Å². The van der Waals surface area contributed by atoms with Crippen molar-refractivity contribution in [3.8, 4) is 5.75 Å². The SMILES string of the molecule is Cn1cc(COc2c(Br)cccc2C=O)nn1. The molecule has 88 valence electrons. The number of hydrogen-bond acceptors (Lipinski definition) is 4. The number of hydrogen-bond donors (Lipinski definition) is 0. The summed E-state index contributed by atoms with van der Waals surface area (Å²) in [5, 5.41) is 7.70. The molecule has 2 aromatic rings. The number of rotatable bonds is 4. The summed E-state index contributed by atoms with van der Waals surface area (Å²) in [7, 11) is 1.78. The average molecular weight is 296 g/mol. The minimum atomic E-state index is 0.275. The van der Waals surface area contributed by atoms with Gasteiger partial charge in [0.15, 0.2) is 6.29 Å². The summed E-state index contributed by atoms with van der Waals surface area (Å²) in [6, 6.07) is 5.30. The van der Waals surface area contributed by atoms with Gasteiger partial charge in [-0.3, -0.25) is 9.48 Å². The largest absolute Gasteiger partial charge is 0.485 e. The Labute approximate surface area is 107 Å². The summed E-state index contributed by atoms with van der Waals surface area (Å²) >= 11 is 3.34. The van der Waals surface area contributed by atoms with Crippen molar-refractivity contribution in [3.63, 3.8) is 0 Å². The quantitative estimate of drug-likeness (QED) is 0.809. The van der Waals surface area contributed by atoms with Crippen molar-refractivity contribution in [1.82, 2.24) is 15.0 Å². The number of carbonyl (C=O) groups is 1. The van der Waals surface area contributed by atoms with E-state index in [4.69, 9.17) is 4.74 Å². The van der Waals surface area contributed by atoms with E-state index in [-0.39, 0.29) is 6.61 Å². The smallest absolute Gasteiger partial charge is 0.153 e. The summed E-state index contributed by atoms with van der Waals surface area (Å²) in [6.07, 6.45) is 2.52. The second-order valence-electron chi connectivity index (χ2n) is 3.45. The van der Waals surface area contributed by atoms with Gasteiger partial charge in [-0.2, -0.15) is 0 Å². The molecular formula is C11H10BrN3O2. The Hall–Kier alpha value is -1.69. The van der Waals surface area contributed by atoms with Gasteiger partial charge in [0.1, 0.15) is 18.1 Å². The van der Waals surface area contributed by atoms with Crippen molar-refractivity contribution in [2.75, 3.05) is 0 Å². The van der Waals surface area contributed by atoms with Crippen molar-refractivity contribution in [1.29, 1.82) is 0 Å². The first-order valence-corrected chi connectivity index (χ1v) is 5.71. The third-order valence-electron chi connectivity index (χ3n) is 2.14. The Morgan fingerprint density at radius 2 is 2.35 bits per heavy atom. The number of carbonyl (C=O) groups excluding carboxylic acids is 1. The second kappa shape index (κ2) is 5.09. The van der Waals surface area contributed by atoms with E-state index in [1.165, 1.54) is 0 Å². The van der Waals surface area contributed by atoms with Crippen LogP contribution in [0.25, 0.3) is 0 Å². The van der Waals surface area contributed by atoms with E-state index in [0.29, 0.717) is 17.0 Å². The van der Waals surface area contributed by atoms with Crippen LogP contribution >= 0.6 is 15.9 Å². The predicted molar refractivity (Wildman–Crippen MR) is 64.9 cm³/mol. The van der Waals surface area contributed by atoms with Crippen LogP contribution in [0.4, 0.5) is 0 Å². The van der Waals surface area contributed by atoms with E-state index in [0.717, 1.165) is 10.8 Å². The number of aromatic nitrogens is 3. The number of aryl methyl sites for hydroxylation is 1. The first kappa shape index (κ1) is 11.8. The maximum absolute atomic E-state index is 10.9. The molecule has 0 N–H and O–H groups in total. The fourth-order valence-corrected chi connectivity index (χ4v) is 1.87. The Kier molecular flexibility index (Phi) is 3.53. The first-order valence-electron chi connectivity index (χ1n) is 4.92. The van der Waals surface area contributed by atoms with E-state index in [9.17, 15) is 4.79 Å². The molecule has 6 heteroatoms. The number of benzene rings is 1. The van der Waals surface area contributed by atoms with Crippen molar-refractivity contribution in [2.45, 2.75) is 6.61 Å². The van der Waals surface area contributed by atoms with E-state index in [2.05, 4.69) is 26.2 Å². The van der Waals surface area contributed by atoms with Crippen molar-refractivity contribution < 1.29 is 9.53 Å². The summed E-state index contributed by atoms with van der Waals surface area (Å²) in [5.74, 6) is 0.521. The molecule has 1 heterocycles. The summed E-state index contributed by atoms with van der Waals surface area (Å²) in [5.41, 5.74) is 1.21. The van der Waals surface area contributed by atoms with Crippen LogP contribution in [0.1, 0.15) is 16.1 Å². The zero-order valence-corrected chi connectivity index (χ0v) is 10.7. The number of halogens is 1. The van der Waals surface area contributed by atoms with Gasteiger partial charge in [0.05, 0.1) is 16.2 Å². The van der Waals surface area contributed by atoms with Gasteiger partial charge in [-0.05, 0) is 28.1 Å². The molecule has 0 atom stereocenters. The summed E-state index contributed by atoms with van der Waals surface area (Å²) < 4.78 is 7.90. The number of para-hydroxylation sites is 1. The molecule has 0 saturated carbocycles. The maximum atomic E-state index is 10.9. The van der Waals surface area contributed by atoms with Crippen molar-refractivity contribution in [3.05, 3.63) is 40.1 Å². The predicted octanol–water partition coefficient (Wildman–Crippen LogP) is 1.97. The van der Waals surface area contributed by atoms with Crippen LogP contribution in [0.3, 0.4) is 0 Å². The molecule has 0 aliphatic heterocycles. The molecule has 0 radical (unpaired) electrons. The lowest BCUT2D eigenvalue weighted by Gasteiger charge is -2.08. The minimum absolute atomic E-state index is 0.275. The molecule has 17 heavy (non-hydrogen) atoms. The van der Waals surface area contributed by atoms with Gasteiger partial charge < -0.3 is 4.74 Å². The lowest BCUT2D eigenvalue weighted by atomic mass is 10.2. The standard InChI is InChI=1S/C11H10BrN3O2/c1-15-5-9(13-14-15)7-17-11-8(6-16)3-2-4-10(11)12/h2-6H,7H2,1H3. The van der Waals surface area contributed by atoms with Crippen LogP contribution in [0, 0.1) is 0 Å². The van der Waals surface area contributed by atoms with Crippen LogP contribution in [0.15, 0.2) is 28.9 Å². The Balaban J connectivity index is 2.16. The Morgan fingerprint density at radius 3 is 3.00 bits per heavy atom. The minimum Gasteiger partial charge on any atom is -0.485 e.